The zero-order valence-electron chi connectivity index (χ0n) is 9.57. The molecule has 0 spiro atoms. The third kappa shape index (κ3) is 9.23. The van der Waals surface area contributed by atoms with Crippen LogP contribution in [0.2, 0.25) is 0 Å². The lowest BCUT2D eigenvalue weighted by atomic mass is 10.3. The van der Waals surface area contributed by atoms with E-state index in [2.05, 4.69) is 9.05 Å². The molecule has 3 N–H and O–H groups in total. The average molecular weight is 257 g/mol. The Labute approximate surface area is 95.2 Å². The fourth-order valence-electron chi connectivity index (χ4n) is 0.771. The highest BCUT2D eigenvalue weighted by Gasteiger charge is 2.20. The van der Waals surface area contributed by atoms with Crippen LogP contribution in [0.4, 0.5) is 0 Å². The van der Waals surface area contributed by atoms with Gasteiger partial charge in [0.15, 0.2) is 0 Å². The molecule has 0 amide bonds. The second kappa shape index (κ2) is 8.14. The number of hydrogen-bond donors (Lipinski definition) is 3. The summed E-state index contributed by atoms with van der Waals surface area (Å²) in [6.45, 7) is 0.0502. The maximum Gasteiger partial charge on any atom is 0.472 e. The maximum atomic E-state index is 11.2. The summed E-state index contributed by atoms with van der Waals surface area (Å²) >= 11 is 0. The number of phosphoric ester groups is 1. The van der Waals surface area contributed by atoms with Crippen LogP contribution in [0.25, 0.3) is 0 Å². The van der Waals surface area contributed by atoms with Crippen molar-refractivity contribution in [3.05, 3.63) is 0 Å². The van der Waals surface area contributed by atoms with Crippen LogP contribution >= 0.6 is 7.82 Å². The standard InChI is InChI=1S/C8H20NO6P/c1-9(2)4-6-15-16(12,13)14-5-3-8(11)7-10/h8,10-11H,3-7H2,1-2H3,(H,12,13). The van der Waals surface area contributed by atoms with Crippen molar-refractivity contribution in [2.75, 3.05) is 40.5 Å². The molecule has 7 nitrogen and oxygen atoms in total. The van der Waals surface area contributed by atoms with Crippen molar-refractivity contribution in [2.45, 2.75) is 12.5 Å². The molecule has 0 radical (unpaired) electrons. The van der Waals surface area contributed by atoms with Gasteiger partial charge in [-0.05, 0) is 20.5 Å². The Hall–Kier alpha value is -0.0100. The van der Waals surface area contributed by atoms with Gasteiger partial charge < -0.3 is 20.0 Å². The van der Waals surface area contributed by atoms with Crippen molar-refractivity contribution in [1.29, 1.82) is 0 Å². The van der Waals surface area contributed by atoms with E-state index in [4.69, 9.17) is 15.1 Å². The minimum atomic E-state index is -4.03. The third-order valence-corrected chi connectivity index (χ3v) is 2.73. The summed E-state index contributed by atoms with van der Waals surface area (Å²) in [4.78, 5) is 11.0. The van der Waals surface area contributed by atoms with Gasteiger partial charge in [0.1, 0.15) is 0 Å². The van der Waals surface area contributed by atoms with Gasteiger partial charge in [0, 0.05) is 6.54 Å². The molecular weight excluding hydrogens is 237 g/mol. The number of aliphatic hydroxyl groups excluding tert-OH is 2. The fraction of sp³-hybridized carbons (Fsp3) is 1.00. The van der Waals surface area contributed by atoms with Crippen LogP contribution < -0.4 is 0 Å². The Kier molecular flexibility index (Phi) is 8.13. The van der Waals surface area contributed by atoms with Gasteiger partial charge >= 0.3 is 7.82 Å². The number of nitrogens with zero attached hydrogens (tertiary/aromatic N) is 1. The van der Waals surface area contributed by atoms with Crippen LogP contribution in [-0.4, -0.2) is 66.6 Å². The summed E-state index contributed by atoms with van der Waals surface area (Å²) in [6.07, 6.45) is -0.861. The van der Waals surface area contributed by atoms with E-state index in [1.54, 1.807) is 4.90 Å². The lowest BCUT2D eigenvalue weighted by Crippen LogP contribution is -2.18. The highest BCUT2D eigenvalue weighted by Crippen LogP contribution is 2.42. The molecule has 0 saturated heterocycles. The predicted molar refractivity (Wildman–Crippen MR) is 58.0 cm³/mol. The van der Waals surface area contributed by atoms with Crippen molar-refractivity contribution >= 4 is 7.82 Å². The Balaban J connectivity index is 3.66. The minimum absolute atomic E-state index is 0.0814. The first-order valence-electron chi connectivity index (χ1n) is 4.93. The first-order valence-corrected chi connectivity index (χ1v) is 6.42. The van der Waals surface area contributed by atoms with E-state index in [0.717, 1.165) is 0 Å². The Morgan fingerprint density at radius 1 is 1.31 bits per heavy atom. The van der Waals surface area contributed by atoms with Crippen LogP contribution in [-0.2, 0) is 13.6 Å². The van der Waals surface area contributed by atoms with E-state index in [9.17, 15) is 4.57 Å². The lowest BCUT2D eigenvalue weighted by molar-refractivity contribution is 0.0655. The van der Waals surface area contributed by atoms with E-state index < -0.39 is 20.5 Å². The Morgan fingerprint density at radius 2 is 1.88 bits per heavy atom. The van der Waals surface area contributed by atoms with Crippen LogP contribution in [0.15, 0.2) is 0 Å². The highest BCUT2D eigenvalue weighted by atomic mass is 31.2. The summed E-state index contributed by atoms with van der Waals surface area (Å²) in [6, 6.07) is 0. The van der Waals surface area contributed by atoms with Gasteiger partial charge in [-0.1, -0.05) is 0 Å². The zero-order chi connectivity index (χ0) is 12.6. The lowest BCUT2D eigenvalue weighted by Gasteiger charge is -2.15. The molecule has 0 bridgehead atoms. The molecule has 0 aliphatic carbocycles. The van der Waals surface area contributed by atoms with Gasteiger partial charge in [-0.25, -0.2) is 4.57 Å². The topological polar surface area (TPSA) is 99.5 Å². The normalized spacial score (nSPS) is 17.4. The second-order valence-corrected chi connectivity index (χ2v) is 5.02. The first-order chi connectivity index (χ1) is 7.37. The molecule has 0 aromatic rings. The van der Waals surface area contributed by atoms with Crippen molar-refractivity contribution < 1.29 is 28.7 Å². The van der Waals surface area contributed by atoms with E-state index in [1.165, 1.54) is 0 Å². The molecule has 0 aromatic heterocycles. The van der Waals surface area contributed by atoms with Gasteiger partial charge in [-0.2, -0.15) is 0 Å². The van der Waals surface area contributed by atoms with E-state index in [0.29, 0.717) is 6.54 Å². The largest absolute Gasteiger partial charge is 0.472 e. The van der Waals surface area contributed by atoms with Crippen LogP contribution in [0.1, 0.15) is 6.42 Å². The molecule has 16 heavy (non-hydrogen) atoms. The van der Waals surface area contributed by atoms with Crippen molar-refractivity contribution in [3.63, 3.8) is 0 Å². The number of hydrogen-bond acceptors (Lipinski definition) is 6. The molecule has 0 saturated carbocycles. The SMILES string of the molecule is CN(C)CCOP(=O)(O)OCCC(O)CO. The number of likely N-dealkylation sites (N-methyl/N-ethyl adjacent to an activating group) is 1. The molecule has 0 rings (SSSR count). The third-order valence-electron chi connectivity index (χ3n) is 1.71. The average Bonchev–Trinajstić information content (AvgIpc) is 2.16. The van der Waals surface area contributed by atoms with Crippen LogP contribution in [0, 0.1) is 0 Å². The van der Waals surface area contributed by atoms with Gasteiger partial charge in [0.25, 0.3) is 0 Å². The van der Waals surface area contributed by atoms with Crippen molar-refractivity contribution in [3.8, 4) is 0 Å². The van der Waals surface area contributed by atoms with Gasteiger partial charge in [-0.3, -0.25) is 9.05 Å². The summed E-state index contributed by atoms with van der Waals surface area (Å²) in [5.74, 6) is 0. The van der Waals surface area contributed by atoms with Crippen LogP contribution in [0.3, 0.4) is 0 Å². The van der Waals surface area contributed by atoms with Gasteiger partial charge in [0.2, 0.25) is 0 Å². The molecule has 0 aliphatic rings. The summed E-state index contributed by atoms with van der Waals surface area (Å²) in [5, 5.41) is 17.4. The molecule has 8 heteroatoms. The molecule has 0 aliphatic heterocycles. The van der Waals surface area contributed by atoms with E-state index in [-0.39, 0.29) is 19.6 Å². The van der Waals surface area contributed by atoms with E-state index in [1.807, 2.05) is 14.1 Å². The Bertz CT molecular complexity index is 225. The maximum absolute atomic E-state index is 11.2. The molecule has 98 valence electrons. The zero-order valence-corrected chi connectivity index (χ0v) is 10.5. The van der Waals surface area contributed by atoms with Crippen molar-refractivity contribution in [2.24, 2.45) is 0 Å². The molecule has 0 aromatic carbocycles. The molecule has 0 heterocycles. The van der Waals surface area contributed by atoms with Crippen LogP contribution in [0.5, 0.6) is 0 Å². The number of phosphoric acid groups is 1. The first kappa shape index (κ1) is 16.0. The fourth-order valence-corrected chi connectivity index (χ4v) is 1.49. The summed E-state index contributed by atoms with van der Waals surface area (Å²) < 4.78 is 20.5. The van der Waals surface area contributed by atoms with E-state index >= 15 is 0 Å². The van der Waals surface area contributed by atoms with Gasteiger partial charge in [-0.15, -0.1) is 0 Å². The highest BCUT2D eigenvalue weighted by molar-refractivity contribution is 7.47. The predicted octanol–water partition coefficient (Wildman–Crippen LogP) is -0.575. The van der Waals surface area contributed by atoms with Crippen molar-refractivity contribution in [1.82, 2.24) is 4.90 Å². The molecular formula is C8H20NO6P. The second-order valence-electron chi connectivity index (χ2n) is 3.56. The molecule has 2 unspecified atom stereocenters. The number of rotatable bonds is 9. The van der Waals surface area contributed by atoms with Gasteiger partial charge in [0.05, 0.1) is 25.9 Å². The quantitative estimate of drug-likeness (QED) is 0.475. The Morgan fingerprint density at radius 3 is 2.38 bits per heavy atom. The molecule has 0 fully saturated rings. The smallest absolute Gasteiger partial charge is 0.394 e. The number of aliphatic hydroxyl groups is 2. The monoisotopic (exact) mass is 257 g/mol. The minimum Gasteiger partial charge on any atom is -0.394 e. The molecule has 2 atom stereocenters. The summed E-state index contributed by atoms with van der Waals surface area (Å²) in [7, 11) is -0.416. The summed E-state index contributed by atoms with van der Waals surface area (Å²) in [5.41, 5.74) is 0.